The highest BCUT2D eigenvalue weighted by Gasteiger charge is 2.37. The van der Waals surface area contributed by atoms with E-state index in [4.69, 9.17) is 23.2 Å². The molecular weight excluding hydrogens is 533 g/mol. The van der Waals surface area contributed by atoms with Gasteiger partial charge in [0.15, 0.2) is 0 Å². The molecule has 4 nitrogen and oxygen atoms in total. The first-order chi connectivity index (χ1) is 16.6. The quantitative estimate of drug-likeness (QED) is 0.312. The third-order valence-corrected chi connectivity index (χ3v) is 6.28. The molecule has 0 heterocycles. The Morgan fingerprint density at radius 3 is 1.78 bits per heavy atom. The van der Waals surface area contributed by atoms with Gasteiger partial charge in [-0.15, -0.1) is 0 Å². The van der Waals surface area contributed by atoms with Crippen molar-refractivity contribution in [3.05, 3.63) is 62.6 Å². The molecule has 2 rings (SSSR count). The molecular formula is C24H26Cl2F6N2O2. The van der Waals surface area contributed by atoms with Crippen LogP contribution in [0.5, 0.6) is 0 Å². The summed E-state index contributed by atoms with van der Waals surface area (Å²) in [6.07, 6.45) is -10.1. The van der Waals surface area contributed by atoms with E-state index in [9.17, 15) is 36.2 Å². The van der Waals surface area contributed by atoms with Crippen molar-refractivity contribution in [1.82, 2.24) is 4.90 Å². The molecule has 1 amide bonds. The van der Waals surface area contributed by atoms with E-state index >= 15 is 0 Å². The van der Waals surface area contributed by atoms with Crippen molar-refractivity contribution in [1.29, 1.82) is 0 Å². The Labute approximate surface area is 215 Å². The van der Waals surface area contributed by atoms with E-state index in [-0.39, 0.29) is 16.1 Å². The SMILES string of the molecule is CCCN(CCC)c1cc(Cl)c(Cl)cc1C(C)N(Cc1cc(C(F)(F)F)cc(C(F)(F)F)c1)C(=O)O. The molecule has 1 N–H and O–H groups in total. The van der Waals surface area contributed by atoms with Gasteiger partial charge in [0, 0.05) is 25.3 Å². The van der Waals surface area contributed by atoms with Gasteiger partial charge in [0.2, 0.25) is 0 Å². The predicted octanol–water partition coefficient (Wildman–Crippen LogP) is 8.90. The van der Waals surface area contributed by atoms with Crippen molar-refractivity contribution in [3.8, 4) is 0 Å². The summed E-state index contributed by atoms with van der Waals surface area (Å²) in [6, 6.07) is 3.14. The Bertz CT molecular complexity index is 1040. The first-order valence-electron chi connectivity index (χ1n) is 11.1. The molecule has 36 heavy (non-hydrogen) atoms. The fourth-order valence-electron chi connectivity index (χ4n) is 3.90. The molecule has 0 bridgehead atoms. The number of hydrogen-bond donors (Lipinski definition) is 1. The van der Waals surface area contributed by atoms with Crippen molar-refractivity contribution in [2.75, 3.05) is 18.0 Å². The minimum absolute atomic E-state index is 0.00246. The van der Waals surface area contributed by atoms with Gasteiger partial charge in [-0.25, -0.2) is 4.79 Å². The number of carbonyl (C=O) groups is 1. The Kier molecular flexibility index (Phi) is 9.81. The molecule has 0 aliphatic rings. The molecule has 0 saturated heterocycles. The number of benzene rings is 2. The number of hydrogen-bond acceptors (Lipinski definition) is 2. The zero-order chi connectivity index (χ0) is 27.4. The van der Waals surface area contributed by atoms with E-state index in [0.29, 0.717) is 36.5 Å². The molecule has 0 saturated carbocycles. The van der Waals surface area contributed by atoms with Crippen LogP contribution >= 0.6 is 23.2 Å². The fraction of sp³-hybridized carbons (Fsp3) is 0.458. The molecule has 1 atom stereocenters. The zero-order valence-corrected chi connectivity index (χ0v) is 21.3. The van der Waals surface area contributed by atoms with E-state index in [1.54, 1.807) is 6.07 Å². The van der Waals surface area contributed by atoms with E-state index in [1.165, 1.54) is 13.0 Å². The minimum atomic E-state index is -5.05. The number of amides is 1. The summed E-state index contributed by atoms with van der Waals surface area (Å²) in [4.78, 5) is 14.9. The Hall–Kier alpha value is -2.33. The van der Waals surface area contributed by atoms with Crippen LogP contribution in [0.1, 0.15) is 61.9 Å². The third-order valence-electron chi connectivity index (χ3n) is 5.56. The highest BCUT2D eigenvalue weighted by molar-refractivity contribution is 6.42. The average Bonchev–Trinajstić information content (AvgIpc) is 2.77. The van der Waals surface area contributed by atoms with Gasteiger partial charge >= 0.3 is 18.4 Å². The molecule has 12 heteroatoms. The van der Waals surface area contributed by atoms with Crippen molar-refractivity contribution < 1.29 is 36.2 Å². The minimum Gasteiger partial charge on any atom is -0.465 e. The second kappa shape index (κ2) is 11.8. The molecule has 0 aliphatic carbocycles. The number of alkyl halides is 6. The number of carboxylic acid groups (broad SMARTS) is 1. The highest BCUT2D eigenvalue weighted by atomic mass is 35.5. The molecule has 1 unspecified atom stereocenters. The van der Waals surface area contributed by atoms with Gasteiger partial charge in [-0.2, -0.15) is 26.3 Å². The lowest BCUT2D eigenvalue weighted by atomic mass is 10.0. The Morgan fingerprint density at radius 2 is 1.36 bits per heavy atom. The summed E-state index contributed by atoms with van der Waals surface area (Å²) in [7, 11) is 0. The molecule has 0 radical (unpaired) electrons. The summed E-state index contributed by atoms with van der Waals surface area (Å²) in [5, 5.41) is 10.3. The van der Waals surface area contributed by atoms with E-state index in [2.05, 4.69) is 0 Å². The van der Waals surface area contributed by atoms with Crippen molar-refractivity contribution in [2.45, 2.75) is 58.6 Å². The molecule has 0 aliphatic heterocycles. The summed E-state index contributed by atoms with van der Waals surface area (Å²) in [5.74, 6) is 0. The first-order valence-corrected chi connectivity index (χ1v) is 11.9. The lowest BCUT2D eigenvalue weighted by Crippen LogP contribution is -2.34. The maximum atomic E-state index is 13.3. The molecule has 0 aromatic heterocycles. The molecule has 200 valence electrons. The van der Waals surface area contributed by atoms with Crippen LogP contribution in [0.4, 0.5) is 36.8 Å². The number of nitrogens with zero attached hydrogens (tertiary/aromatic N) is 2. The predicted molar refractivity (Wildman–Crippen MR) is 128 cm³/mol. The van der Waals surface area contributed by atoms with Crippen LogP contribution in [-0.4, -0.2) is 29.2 Å². The number of rotatable bonds is 9. The van der Waals surface area contributed by atoms with E-state index in [1.807, 2.05) is 18.7 Å². The average molecular weight is 559 g/mol. The summed E-state index contributed by atoms with van der Waals surface area (Å²) in [6.45, 7) is 5.91. The van der Waals surface area contributed by atoms with Crippen LogP contribution in [0.25, 0.3) is 0 Å². The smallest absolute Gasteiger partial charge is 0.416 e. The van der Waals surface area contributed by atoms with Gasteiger partial charge in [-0.05, 0) is 61.2 Å². The van der Waals surface area contributed by atoms with Gasteiger partial charge in [-0.1, -0.05) is 37.0 Å². The third kappa shape index (κ3) is 7.35. The highest BCUT2D eigenvalue weighted by Crippen LogP contribution is 2.39. The van der Waals surface area contributed by atoms with Crippen molar-refractivity contribution >= 4 is 35.0 Å². The van der Waals surface area contributed by atoms with Crippen molar-refractivity contribution in [3.63, 3.8) is 0 Å². The molecule has 2 aromatic rings. The number of anilines is 1. The van der Waals surface area contributed by atoms with Crippen LogP contribution in [-0.2, 0) is 18.9 Å². The molecule has 0 spiro atoms. The Morgan fingerprint density at radius 1 is 0.889 bits per heavy atom. The lowest BCUT2D eigenvalue weighted by Gasteiger charge is -2.33. The summed E-state index contributed by atoms with van der Waals surface area (Å²) >= 11 is 12.4. The van der Waals surface area contributed by atoms with Crippen LogP contribution in [0, 0.1) is 0 Å². The van der Waals surface area contributed by atoms with Gasteiger partial charge in [0.05, 0.1) is 27.2 Å². The van der Waals surface area contributed by atoms with Crippen LogP contribution in [0.15, 0.2) is 30.3 Å². The van der Waals surface area contributed by atoms with Crippen LogP contribution < -0.4 is 4.90 Å². The summed E-state index contributed by atoms with van der Waals surface area (Å²) in [5.41, 5.74) is -2.47. The van der Waals surface area contributed by atoms with Crippen molar-refractivity contribution in [2.24, 2.45) is 0 Å². The molecule has 2 aromatic carbocycles. The standard InChI is InChI=1S/C24H26Cl2F6N2O2/c1-4-6-33(7-5-2)21-12-20(26)19(25)11-18(21)14(3)34(22(35)36)13-15-8-16(23(27,28)29)10-17(9-15)24(30,31)32/h8-12,14H,4-7,13H2,1-3H3,(H,35,36). The summed E-state index contributed by atoms with van der Waals surface area (Å²) < 4.78 is 79.8. The normalized spacial score (nSPS) is 13.0. The second-order valence-corrected chi connectivity index (χ2v) is 9.13. The van der Waals surface area contributed by atoms with Gasteiger partial charge in [-0.3, -0.25) is 4.90 Å². The van der Waals surface area contributed by atoms with Gasteiger partial charge in [0.25, 0.3) is 0 Å². The largest absolute Gasteiger partial charge is 0.465 e. The maximum Gasteiger partial charge on any atom is 0.416 e. The van der Waals surface area contributed by atoms with Gasteiger partial charge < -0.3 is 10.0 Å². The second-order valence-electron chi connectivity index (χ2n) is 8.31. The monoisotopic (exact) mass is 558 g/mol. The Balaban J connectivity index is 2.60. The zero-order valence-electron chi connectivity index (χ0n) is 19.8. The van der Waals surface area contributed by atoms with Crippen LogP contribution in [0.3, 0.4) is 0 Å². The van der Waals surface area contributed by atoms with E-state index in [0.717, 1.165) is 17.7 Å². The van der Waals surface area contributed by atoms with E-state index < -0.39 is 47.7 Å². The maximum absolute atomic E-state index is 13.3. The van der Waals surface area contributed by atoms with Crippen LogP contribution in [0.2, 0.25) is 10.0 Å². The first kappa shape index (κ1) is 29.9. The van der Waals surface area contributed by atoms with Gasteiger partial charge in [0.1, 0.15) is 0 Å². The number of halogens is 8. The topological polar surface area (TPSA) is 43.8 Å². The lowest BCUT2D eigenvalue weighted by molar-refractivity contribution is -0.143. The fourth-order valence-corrected chi connectivity index (χ4v) is 4.23. The molecule has 0 fully saturated rings.